The minimum atomic E-state index is -3.62. The van der Waals surface area contributed by atoms with Gasteiger partial charge >= 0.3 is 6.09 Å². The van der Waals surface area contributed by atoms with E-state index in [1.165, 1.54) is 7.05 Å². The van der Waals surface area contributed by atoms with Crippen molar-refractivity contribution in [3.63, 3.8) is 0 Å². The van der Waals surface area contributed by atoms with Crippen molar-refractivity contribution in [3.8, 4) is 0 Å². The number of amides is 1. The third-order valence-corrected chi connectivity index (χ3v) is 10.1. The van der Waals surface area contributed by atoms with Crippen LogP contribution in [0.25, 0.3) is 0 Å². The molecule has 0 spiro atoms. The van der Waals surface area contributed by atoms with Crippen LogP contribution < -0.4 is 10.0 Å². The molecule has 1 aromatic carbocycles. The molecule has 1 aliphatic heterocycles. The molecule has 222 valence electrons. The maximum absolute atomic E-state index is 13.6. The van der Waals surface area contributed by atoms with Crippen molar-refractivity contribution < 1.29 is 22.7 Å². The number of carbonyl (C=O) groups is 1. The van der Waals surface area contributed by atoms with E-state index in [1.54, 1.807) is 0 Å². The third kappa shape index (κ3) is 7.80. The van der Waals surface area contributed by atoms with E-state index in [0.29, 0.717) is 50.9 Å². The smallest absolute Gasteiger partial charge is 0.406 e. The van der Waals surface area contributed by atoms with Gasteiger partial charge in [-0.1, -0.05) is 44.2 Å². The molecule has 0 radical (unpaired) electrons. The molecule has 2 aliphatic rings. The van der Waals surface area contributed by atoms with Crippen LogP contribution in [0.2, 0.25) is 0 Å². The highest BCUT2D eigenvalue weighted by Crippen LogP contribution is 2.29. The Morgan fingerprint density at radius 2 is 1.82 bits per heavy atom. The molecule has 4 rings (SSSR count). The monoisotopic (exact) mass is 576 g/mol. The number of aromatic nitrogens is 3. The molecule has 2 atom stereocenters. The van der Waals surface area contributed by atoms with Crippen molar-refractivity contribution in [2.24, 2.45) is 5.92 Å². The fraction of sp³-hybridized carbons (Fsp3) is 0.679. The summed E-state index contributed by atoms with van der Waals surface area (Å²) in [4.78, 5) is 13.9. The summed E-state index contributed by atoms with van der Waals surface area (Å²) in [6.45, 7) is 7.70. The van der Waals surface area contributed by atoms with Gasteiger partial charge in [-0.15, -0.1) is 10.2 Å². The zero-order chi connectivity index (χ0) is 28.5. The SMILES string of the molecule is CCN(CC)C1CCC(S(=O)(=O)NC(COCc2ccccc2)c2nnc3n2CCC(COC(=O)NC)C3)CC1. The Kier molecular flexibility index (Phi) is 10.9. The molecule has 0 saturated heterocycles. The van der Waals surface area contributed by atoms with Crippen LogP contribution in [0.15, 0.2) is 30.3 Å². The quantitative estimate of drug-likeness (QED) is 0.373. The van der Waals surface area contributed by atoms with E-state index in [4.69, 9.17) is 9.47 Å². The predicted molar refractivity (Wildman–Crippen MR) is 152 cm³/mol. The van der Waals surface area contributed by atoms with E-state index in [0.717, 1.165) is 43.7 Å². The van der Waals surface area contributed by atoms with Crippen LogP contribution in [0.1, 0.15) is 69.2 Å². The van der Waals surface area contributed by atoms with Gasteiger partial charge in [-0.3, -0.25) is 0 Å². The molecule has 40 heavy (non-hydrogen) atoms. The van der Waals surface area contributed by atoms with E-state index >= 15 is 0 Å². The van der Waals surface area contributed by atoms with E-state index in [2.05, 4.69) is 39.0 Å². The number of fused-ring (bicyclic) bond motifs is 1. The molecule has 2 aromatic rings. The molecular formula is C28H44N6O5S. The maximum atomic E-state index is 13.6. The van der Waals surface area contributed by atoms with Crippen LogP contribution in [0.4, 0.5) is 4.79 Å². The lowest BCUT2D eigenvalue weighted by atomic mass is 9.94. The fourth-order valence-electron chi connectivity index (χ4n) is 5.87. The van der Waals surface area contributed by atoms with Gasteiger partial charge in [0.15, 0.2) is 5.82 Å². The van der Waals surface area contributed by atoms with Crippen LogP contribution in [0.3, 0.4) is 0 Å². The molecule has 2 unspecified atom stereocenters. The van der Waals surface area contributed by atoms with E-state index in [9.17, 15) is 13.2 Å². The molecule has 1 aliphatic carbocycles. The maximum Gasteiger partial charge on any atom is 0.406 e. The Balaban J connectivity index is 1.46. The number of nitrogens with zero attached hydrogens (tertiary/aromatic N) is 4. The predicted octanol–water partition coefficient (Wildman–Crippen LogP) is 3.03. The lowest BCUT2D eigenvalue weighted by Gasteiger charge is -2.36. The number of benzene rings is 1. The number of hydrogen-bond acceptors (Lipinski definition) is 8. The molecule has 1 aromatic heterocycles. The molecule has 11 nitrogen and oxygen atoms in total. The highest BCUT2D eigenvalue weighted by atomic mass is 32.2. The number of sulfonamides is 1. The highest BCUT2D eigenvalue weighted by molar-refractivity contribution is 7.90. The summed E-state index contributed by atoms with van der Waals surface area (Å²) in [7, 11) is -2.09. The van der Waals surface area contributed by atoms with Crippen LogP contribution in [-0.2, 0) is 39.1 Å². The molecule has 1 saturated carbocycles. The second-order valence-corrected chi connectivity index (χ2v) is 12.7. The van der Waals surface area contributed by atoms with Gasteiger partial charge in [0, 0.05) is 32.0 Å². The van der Waals surface area contributed by atoms with Crippen molar-refractivity contribution in [3.05, 3.63) is 47.5 Å². The summed E-state index contributed by atoms with van der Waals surface area (Å²) in [5, 5.41) is 10.9. The fourth-order valence-corrected chi connectivity index (χ4v) is 7.52. The Morgan fingerprint density at radius 1 is 1.10 bits per heavy atom. The Bertz CT molecular complexity index is 1180. The van der Waals surface area contributed by atoms with Gasteiger partial charge in [0.2, 0.25) is 10.0 Å². The van der Waals surface area contributed by atoms with Crippen molar-refractivity contribution in [2.45, 2.75) is 82.9 Å². The number of alkyl carbamates (subject to hydrolysis) is 1. The zero-order valence-electron chi connectivity index (χ0n) is 23.9. The molecule has 12 heteroatoms. The minimum absolute atomic E-state index is 0.132. The number of carbonyl (C=O) groups excluding carboxylic acids is 1. The normalized spacial score (nSPS) is 22.1. The molecular weight excluding hydrogens is 532 g/mol. The lowest BCUT2D eigenvalue weighted by molar-refractivity contribution is 0.0997. The van der Waals surface area contributed by atoms with Gasteiger partial charge in [0.05, 0.1) is 25.1 Å². The first-order chi connectivity index (χ1) is 19.3. The largest absolute Gasteiger partial charge is 0.449 e. The molecule has 1 amide bonds. The highest BCUT2D eigenvalue weighted by Gasteiger charge is 2.36. The van der Waals surface area contributed by atoms with Crippen LogP contribution in [0.5, 0.6) is 0 Å². The first-order valence-corrected chi connectivity index (χ1v) is 16.0. The van der Waals surface area contributed by atoms with Gasteiger partial charge in [0.25, 0.3) is 0 Å². The Hall–Kier alpha value is -2.54. The topological polar surface area (TPSA) is 128 Å². The number of ether oxygens (including phenoxy) is 2. The zero-order valence-corrected chi connectivity index (χ0v) is 24.7. The molecule has 1 fully saturated rings. The number of rotatable bonds is 13. The van der Waals surface area contributed by atoms with E-state index < -0.39 is 27.4 Å². The molecule has 0 bridgehead atoms. The third-order valence-electron chi connectivity index (χ3n) is 8.17. The Morgan fingerprint density at radius 3 is 2.50 bits per heavy atom. The first kappa shape index (κ1) is 30.4. The van der Waals surface area contributed by atoms with Crippen molar-refractivity contribution >= 4 is 16.1 Å². The van der Waals surface area contributed by atoms with Crippen LogP contribution in [-0.4, -0.2) is 78.8 Å². The van der Waals surface area contributed by atoms with Gasteiger partial charge in [-0.2, -0.15) is 0 Å². The molecule has 2 heterocycles. The molecule has 2 N–H and O–H groups in total. The summed E-state index contributed by atoms with van der Waals surface area (Å²) in [6, 6.07) is 9.59. The second kappa shape index (κ2) is 14.4. The number of nitrogens with one attached hydrogen (secondary N) is 2. The van der Waals surface area contributed by atoms with Crippen LogP contribution >= 0.6 is 0 Å². The van der Waals surface area contributed by atoms with Gasteiger partial charge in [-0.05, 0) is 50.8 Å². The summed E-state index contributed by atoms with van der Waals surface area (Å²) in [6.07, 6.45) is 3.95. The van der Waals surface area contributed by atoms with Crippen molar-refractivity contribution in [2.75, 3.05) is 33.4 Å². The lowest BCUT2D eigenvalue weighted by Crippen LogP contribution is -2.44. The van der Waals surface area contributed by atoms with E-state index in [1.807, 2.05) is 34.9 Å². The van der Waals surface area contributed by atoms with Gasteiger partial charge in [0.1, 0.15) is 11.9 Å². The second-order valence-electron chi connectivity index (χ2n) is 10.7. The van der Waals surface area contributed by atoms with E-state index in [-0.39, 0.29) is 12.5 Å². The minimum Gasteiger partial charge on any atom is -0.449 e. The summed E-state index contributed by atoms with van der Waals surface area (Å²) >= 11 is 0. The van der Waals surface area contributed by atoms with Gasteiger partial charge < -0.3 is 24.3 Å². The summed E-state index contributed by atoms with van der Waals surface area (Å²) < 4.78 is 43.5. The summed E-state index contributed by atoms with van der Waals surface area (Å²) in [5.74, 6) is 1.46. The van der Waals surface area contributed by atoms with Crippen LogP contribution in [0, 0.1) is 5.92 Å². The van der Waals surface area contributed by atoms with Crippen molar-refractivity contribution in [1.29, 1.82) is 0 Å². The average Bonchev–Trinajstić information content (AvgIpc) is 3.40. The number of hydrogen-bond donors (Lipinski definition) is 2. The average molecular weight is 577 g/mol. The first-order valence-electron chi connectivity index (χ1n) is 14.5. The standard InChI is InChI=1S/C28H44N6O5S/c1-4-33(5-2)23-11-13-24(14-12-23)40(36,37)32-25(20-38-18-21-9-7-6-8-10-21)27-31-30-26-17-22(15-16-34(26)27)19-39-28(35)29-3/h6-10,22-25,32H,4-5,11-20H2,1-3H3,(H,29,35). The van der Waals surface area contributed by atoms with Gasteiger partial charge in [-0.25, -0.2) is 17.9 Å². The van der Waals surface area contributed by atoms with Crippen molar-refractivity contribution in [1.82, 2.24) is 29.7 Å². The summed E-state index contributed by atoms with van der Waals surface area (Å²) in [5.41, 5.74) is 1.01. The Labute approximate surface area is 238 Å².